The van der Waals surface area contributed by atoms with Gasteiger partial charge >= 0.3 is 0 Å². The molecule has 2 heterocycles. The molecule has 3 aromatic rings. The number of benzene rings is 1. The molecular formula is C17H17FN2OS. The largest absolute Gasteiger partial charge is 0.395 e. The Labute approximate surface area is 132 Å². The number of pyridine rings is 1. The van der Waals surface area contributed by atoms with Crippen molar-refractivity contribution in [3.05, 3.63) is 58.2 Å². The molecule has 0 radical (unpaired) electrons. The van der Waals surface area contributed by atoms with Gasteiger partial charge in [0.05, 0.1) is 6.61 Å². The molecule has 0 saturated heterocycles. The molecule has 3 rings (SSSR count). The second-order valence-corrected chi connectivity index (χ2v) is 5.98. The molecule has 1 N–H and O–H groups in total. The van der Waals surface area contributed by atoms with Gasteiger partial charge < -0.3 is 10.0 Å². The van der Waals surface area contributed by atoms with Crippen LogP contribution >= 0.6 is 11.3 Å². The molecule has 114 valence electrons. The molecule has 5 heteroatoms. The second-order valence-electron chi connectivity index (χ2n) is 5.20. The van der Waals surface area contributed by atoms with Crippen LogP contribution in [0.1, 0.15) is 11.3 Å². The van der Waals surface area contributed by atoms with Crippen LogP contribution in [0.25, 0.3) is 10.9 Å². The highest BCUT2D eigenvalue weighted by molar-refractivity contribution is 7.07. The number of aliphatic hydroxyl groups excluding tert-OH is 1. The number of thiophene rings is 1. The summed E-state index contributed by atoms with van der Waals surface area (Å²) in [5, 5.41) is 14.3. The van der Waals surface area contributed by atoms with E-state index < -0.39 is 0 Å². The van der Waals surface area contributed by atoms with Crippen molar-refractivity contribution in [2.24, 2.45) is 0 Å². The van der Waals surface area contributed by atoms with Gasteiger partial charge in [0.2, 0.25) is 0 Å². The number of aromatic nitrogens is 1. The number of anilines is 1. The first-order valence-electron chi connectivity index (χ1n) is 7.12. The summed E-state index contributed by atoms with van der Waals surface area (Å²) in [7, 11) is 0. The van der Waals surface area contributed by atoms with E-state index in [4.69, 9.17) is 0 Å². The molecule has 1 aromatic carbocycles. The van der Waals surface area contributed by atoms with Gasteiger partial charge in [-0.1, -0.05) is 12.1 Å². The Hall–Kier alpha value is -1.98. The highest BCUT2D eigenvalue weighted by Gasteiger charge is 2.14. The minimum Gasteiger partial charge on any atom is -0.395 e. The molecule has 0 amide bonds. The third-order valence-electron chi connectivity index (χ3n) is 3.56. The third-order valence-corrected chi connectivity index (χ3v) is 4.29. The molecule has 0 aliphatic heterocycles. The quantitative estimate of drug-likeness (QED) is 0.779. The van der Waals surface area contributed by atoms with Crippen LogP contribution in [0.15, 0.2) is 41.1 Å². The van der Waals surface area contributed by atoms with Gasteiger partial charge in [0.15, 0.2) is 0 Å². The van der Waals surface area contributed by atoms with Crippen molar-refractivity contribution in [1.82, 2.24) is 4.98 Å². The van der Waals surface area contributed by atoms with E-state index >= 15 is 0 Å². The number of hydrogen-bond acceptors (Lipinski definition) is 4. The van der Waals surface area contributed by atoms with Crippen LogP contribution in [-0.2, 0) is 6.54 Å². The molecule has 0 aliphatic carbocycles. The molecule has 0 unspecified atom stereocenters. The first kappa shape index (κ1) is 14.9. The monoisotopic (exact) mass is 316 g/mol. The maximum atomic E-state index is 14.0. The smallest absolute Gasteiger partial charge is 0.149 e. The van der Waals surface area contributed by atoms with Crippen LogP contribution < -0.4 is 4.90 Å². The van der Waals surface area contributed by atoms with Gasteiger partial charge in [-0.3, -0.25) is 0 Å². The Kier molecular flexibility index (Phi) is 4.36. The van der Waals surface area contributed by atoms with Gasteiger partial charge in [0.1, 0.15) is 11.3 Å². The molecule has 0 saturated carbocycles. The first-order chi connectivity index (χ1) is 10.7. The lowest BCUT2D eigenvalue weighted by Crippen LogP contribution is -2.26. The number of para-hydroxylation sites is 1. The van der Waals surface area contributed by atoms with Crippen molar-refractivity contribution >= 4 is 27.9 Å². The highest BCUT2D eigenvalue weighted by Crippen LogP contribution is 2.29. The molecule has 0 bridgehead atoms. The van der Waals surface area contributed by atoms with Crippen molar-refractivity contribution in [3.8, 4) is 0 Å². The zero-order chi connectivity index (χ0) is 15.5. The average Bonchev–Trinajstić information content (AvgIpc) is 3.00. The van der Waals surface area contributed by atoms with E-state index in [-0.39, 0.29) is 12.4 Å². The summed E-state index contributed by atoms with van der Waals surface area (Å²) < 4.78 is 14.0. The molecule has 3 nitrogen and oxygen atoms in total. The van der Waals surface area contributed by atoms with E-state index in [1.807, 2.05) is 24.4 Å². The van der Waals surface area contributed by atoms with E-state index in [0.717, 1.165) is 16.8 Å². The molecule has 0 atom stereocenters. The second kappa shape index (κ2) is 6.42. The number of rotatable bonds is 5. The van der Waals surface area contributed by atoms with Crippen LogP contribution in [-0.4, -0.2) is 23.2 Å². The van der Waals surface area contributed by atoms with Crippen molar-refractivity contribution in [3.63, 3.8) is 0 Å². The third kappa shape index (κ3) is 2.96. The Morgan fingerprint density at radius 3 is 2.91 bits per heavy atom. The van der Waals surface area contributed by atoms with Gasteiger partial charge in [0, 0.05) is 29.9 Å². The molecular weight excluding hydrogens is 299 g/mol. The van der Waals surface area contributed by atoms with Crippen molar-refractivity contribution in [1.29, 1.82) is 0 Å². The summed E-state index contributed by atoms with van der Waals surface area (Å²) in [6.07, 6.45) is 0. The molecule has 0 spiro atoms. The van der Waals surface area contributed by atoms with E-state index in [2.05, 4.69) is 21.3 Å². The maximum Gasteiger partial charge on any atom is 0.149 e. The van der Waals surface area contributed by atoms with Crippen molar-refractivity contribution < 1.29 is 9.50 Å². The lowest BCUT2D eigenvalue weighted by Gasteiger charge is -2.25. The number of hydrogen-bond donors (Lipinski definition) is 1. The predicted octanol–water partition coefficient (Wildman–Crippen LogP) is 3.74. The number of nitrogens with zero attached hydrogens (tertiary/aromatic N) is 2. The summed E-state index contributed by atoms with van der Waals surface area (Å²) in [6, 6.07) is 9.00. The van der Waals surface area contributed by atoms with E-state index in [9.17, 15) is 9.50 Å². The zero-order valence-corrected chi connectivity index (χ0v) is 13.1. The van der Waals surface area contributed by atoms with Gasteiger partial charge in [-0.25, -0.2) is 9.37 Å². The normalized spacial score (nSPS) is 11.0. The topological polar surface area (TPSA) is 36.4 Å². The number of aryl methyl sites for hydroxylation is 1. The Morgan fingerprint density at radius 2 is 2.18 bits per heavy atom. The molecule has 2 aromatic heterocycles. The minimum absolute atomic E-state index is 0.0440. The van der Waals surface area contributed by atoms with Gasteiger partial charge in [-0.2, -0.15) is 11.3 Å². The van der Waals surface area contributed by atoms with Crippen LogP contribution in [0.3, 0.4) is 0 Å². The summed E-state index contributed by atoms with van der Waals surface area (Å²) in [5.74, 6) is -0.318. The lowest BCUT2D eigenvalue weighted by molar-refractivity contribution is 0.301. The van der Waals surface area contributed by atoms with Gasteiger partial charge in [-0.05, 0) is 41.4 Å². The maximum absolute atomic E-state index is 14.0. The average molecular weight is 316 g/mol. The van der Waals surface area contributed by atoms with Crippen LogP contribution in [0, 0.1) is 12.7 Å². The Bertz CT molecular complexity index is 774. The van der Waals surface area contributed by atoms with E-state index in [0.29, 0.717) is 18.6 Å². The number of aliphatic hydroxyl groups is 1. The molecule has 0 aliphatic rings. The van der Waals surface area contributed by atoms with E-state index in [1.54, 1.807) is 17.4 Å². The minimum atomic E-state index is -0.318. The fraction of sp³-hybridized carbons (Fsp3) is 0.235. The zero-order valence-electron chi connectivity index (χ0n) is 12.3. The van der Waals surface area contributed by atoms with Crippen molar-refractivity contribution in [2.45, 2.75) is 13.5 Å². The van der Waals surface area contributed by atoms with Gasteiger partial charge in [-0.15, -0.1) is 0 Å². The summed E-state index contributed by atoms with van der Waals surface area (Å²) in [5.41, 5.74) is 3.23. The highest BCUT2D eigenvalue weighted by atomic mass is 32.1. The van der Waals surface area contributed by atoms with Crippen LogP contribution in [0.5, 0.6) is 0 Å². The Balaban J connectivity index is 2.10. The van der Waals surface area contributed by atoms with Crippen LogP contribution in [0.4, 0.5) is 10.1 Å². The number of halogens is 1. The standard InChI is InChI=1S/C17H17FN2OS/c1-12-9-16(14-3-2-4-15(18)17(14)19-12)20(6-7-21)10-13-5-8-22-11-13/h2-5,8-9,11,21H,6-7,10H2,1H3. The van der Waals surface area contributed by atoms with Crippen LogP contribution in [0.2, 0.25) is 0 Å². The summed E-state index contributed by atoms with van der Waals surface area (Å²) >= 11 is 1.64. The SMILES string of the molecule is Cc1cc(N(CCO)Cc2ccsc2)c2cccc(F)c2n1. The summed E-state index contributed by atoms with van der Waals surface area (Å²) in [6.45, 7) is 3.07. The number of fused-ring (bicyclic) bond motifs is 1. The first-order valence-corrected chi connectivity index (χ1v) is 8.06. The molecule has 0 fully saturated rings. The fourth-order valence-corrected chi connectivity index (χ4v) is 3.25. The fourth-order valence-electron chi connectivity index (χ4n) is 2.59. The van der Waals surface area contributed by atoms with E-state index in [1.165, 1.54) is 11.6 Å². The molecule has 22 heavy (non-hydrogen) atoms. The summed E-state index contributed by atoms with van der Waals surface area (Å²) in [4.78, 5) is 6.38. The van der Waals surface area contributed by atoms with Gasteiger partial charge in [0.25, 0.3) is 0 Å². The lowest BCUT2D eigenvalue weighted by atomic mass is 10.1. The Morgan fingerprint density at radius 1 is 1.32 bits per heavy atom. The predicted molar refractivity (Wildman–Crippen MR) is 88.9 cm³/mol. The van der Waals surface area contributed by atoms with Crippen molar-refractivity contribution in [2.75, 3.05) is 18.1 Å².